The van der Waals surface area contributed by atoms with E-state index in [0.29, 0.717) is 17.8 Å². The summed E-state index contributed by atoms with van der Waals surface area (Å²) in [4.78, 5) is 4.07. The van der Waals surface area contributed by atoms with E-state index in [4.69, 9.17) is 5.14 Å². The number of aliphatic imine (C=N–C) groups is 1. The Hall–Kier alpha value is -3.24. The van der Waals surface area contributed by atoms with Crippen LogP contribution in [0.3, 0.4) is 0 Å². The molecule has 0 atom stereocenters. The normalized spacial score (nSPS) is 16.3. The topological polar surface area (TPSA) is 90.3 Å². The van der Waals surface area contributed by atoms with Crippen molar-refractivity contribution in [2.24, 2.45) is 10.1 Å². The van der Waals surface area contributed by atoms with Gasteiger partial charge in [0.05, 0.1) is 22.8 Å². The number of nitrogens with two attached hydrogens (primary N) is 1. The molecule has 1 saturated carbocycles. The molecule has 1 aromatic heterocycles. The van der Waals surface area contributed by atoms with Crippen LogP contribution in [0.15, 0.2) is 64.5 Å². The zero-order chi connectivity index (χ0) is 23.4. The molecule has 1 aliphatic heterocycles. The molecule has 0 saturated heterocycles. The van der Waals surface area contributed by atoms with Crippen LogP contribution in [0.25, 0.3) is 22.5 Å². The van der Waals surface area contributed by atoms with Gasteiger partial charge in [-0.05, 0) is 77.9 Å². The van der Waals surface area contributed by atoms with Crippen molar-refractivity contribution in [2.75, 3.05) is 6.54 Å². The van der Waals surface area contributed by atoms with Gasteiger partial charge >= 0.3 is 6.18 Å². The zero-order valence-electron chi connectivity index (χ0n) is 17.2. The van der Waals surface area contributed by atoms with Crippen LogP contribution in [0.4, 0.5) is 13.2 Å². The standard InChI is InChI=1S/C23H19F3N4O2S/c24-23(25,26)22-12-21(30(29-22)17-4-6-18(7-5-17)33(27,31)32)20-11-15(16-9-10-28-13-16)3-8-19(20)14-1-2-14/h3-12,14H,1-2,13H2,(H2,27,31,32). The first kappa shape index (κ1) is 21.6. The SMILES string of the molecule is NS(=O)(=O)c1ccc(-n2nc(C(F)(F)F)cc2-c2cc(C3=CC=NC3)ccc2C2CC2)cc1. The Morgan fingerprint density at radius 1 is 1.03 bits per heavy atom. The molecule has 3 aromatic rings. The van der Waals surface area contributed by atoms with E-state index in [1.807, 2.05) is 24.3 Å². The largest absolute Gasteiger partial charge is 0.435 e. The van der Waals surface area contributed by atoms with Crippen molar-refractivity contribution in [2.45, 2.75) is 29.8 Å². The highest BCUT2D eigenvalue weighted by atomic mass is 32.2. The van der Waals surface area contributed by atoms with E-state index in [2.05, 4.69) is 10.1 Å². The highest BCUT2D eigenvalue weighted by Crippen LogP contribution is 2.46. The molecule has 2 N–H and O–H groups in total. The Bertz CT molecular complexity index is 1400. The number of primary sulfonamides is 1. The van der Waals surface area contributed by atoms with Crippen LogP contribution < -0.4 is 5.14 Å². The Kier molecular flexibility index (Phi) is 5.02. The van der Waals surface area contributed by atoms with Crippen LogP contribution in [0.1, 0.15) is 35.6 Å². The summed E-state index contributed by atoms with van der Waals surface area (Å²) in [6.45, 7) is 0.518. The summed E-state index contributed by atoms with van der Waals surface area (Å²) in [6.07, 6.45) is 0.909. The molecule has 170 valence electrons. The molecule has 10 heteroatoms. The first-order valence-corrected chi connectivity index (χ1v) is 11.8. The Balaban J connectivity index is 1.69. The molecule has 2 aromatic carbocycles. The lowest BCUT2D eigenvalue weighted by molar-refractivity contribution is -0.141. The van der Waals surface area contributed by atoms with Crippen molar-refractivity contribution in [1.29, 1.82) is 0 Å². The van der Waals surface area contributed by atoms with Crippen molar-refractivity contribution >= 4 is 21.8 Å². The van der Waals surface area contributed by atoms with Crippen LogP contribution >= 0.6 is 0 Å². The third kappa shape index (κ3) is 4.23. The molecule has 33 heavy (non-hydrogen) atoms. The van der Waals surface area contributed by atoms with Crippen LogP contribution in [0, 0.1) is 0 Å². The zero-order valence-corrected chi connectivity index (χ0v) is 18.1. The van der Waals surface area contributed by atoms with Gasteiger partial charge in [0.25, 0.3) is 0 Å². The van der Waals surface area contributed by atoms with E-state index < -0.39 is 21.9 Å². The Labute approximate surface area is 188 Å². The van der Waals surface area contributed by atoms with Crippen molar-refractivity contribution in [1.82, 2.24) is 9.78 Å². The van der Waals surface area contributed by atoms with Gasteiger partial charge < -0.3 is 0 Å². The number of aromatic nitrogens is 2. The molecule has 2 aliphatic rings. The third-order valence-corrected chi connectivity index (χ3v) is 6.70. The minimum Gasteiger partial charge on any atom is -0.288 e. The van der Waals surface area contributed by atoms with E-state index in [-0.39, 0.29) is 16.5 Å². The quantitative estimate of drug-likeness (QED) is 0.591. The molecule has 6 nitrogen and oxygen atoms in total. The Morgan fingerprint density at radius 2 is 1.76 bits per heavy atom. The number of rotatable bonds is 5. The number of hydrogen-bond acceptors (Lipinski definition) is 4. The fourth-order valence-corrected chi connectivity index (χ4v) is 4.46. The highest BCUT2D eigenvalue weighted by Gasteiger charge is 2.36. The van der Waals surface area contributed by atoms with Gasteiger partial charge in [0.15, 0.2) is 5.69 Å². The third-order valence-electron chi connectivity index (χ3n) is 5.77. The number of allylic oxidation sites excluding steroid dienone is 1. The first-order valence-electron chi connectivity index (χ1n) is 10.3. The highest BCUT2D eigenvalue weighted by molar-refractivity contribution is 7.89. The summed E-state index contributed by atoms with van der Waals surface area (Å²) >= 11 is 0. The van der Waals surface area contributed by atoms with Gasteiger partial charge in [0.1, 0.15) is 0 Å². The van der Waals surface area contributed by atoms with Crippen molar-refractivity contribution in [3.05, 3.63) is 71.4 Å². The van der Waals surface area contributed by atoms with Gasteiger partial charge in [-0.1, -0.05) is 12.1 Å². The lowest BCUT2D eigenvalue weighted by atomic mass is 9.94. The molecule has 0 bridgehead atoms. The minimum absolute atomic E-state index is 0.134. The van der Waals surface area contributed by atoms with Gasteiger partial charge in [-0.3, -0.25) is 4.99 Å². The summed E-state index contributed by atoms with van der Waals surface area (Å²) in [5, 5.41) is 8.99. The molecule has 5 rings (SSSR count). The Morgan fingerprint density at radius 3 is 2.33 bits per heavy atom. The monoisotopic (exact) mass is 472 g/mol. The molecule has 0 amide bonds. The summed E-state index contributed by atoms with van der Waals surface area (Å²) in [7, 11) is -3.93. The fraction of sp³-hybridized carbons (Fsp3) is 0.217. The number of benzene rings is 2. The maximum absolute atomic E-state index is 13.6. The van der Waals surface area contributed by atoms with Crippen molar-refractivity contribution in [3.8, 4) is 16.9 Å². The lowest BCUT2D eigenvalue weighted by Gasteiger charge is -2.14. The maximum Gasteiger partial charge on any atom is 0.435 e. The predicted octanol–water partition coefficient (Wildman–Crippen LogP) is 4.55. The number of sulfonamides is 1. The molecular formula is C23H19F3N4O2S. The molecular weight excluding hydrogens is 453 g/mol. The van der Waals surface area contributed by atoms with E-state index in [0.717, 1.165) is 35.6 Å². The van der Waals surface area contributed by atoms with Crippen molar-refractivity contribution in [3.63, 3.8) is 0 Å². The van der Waals surface area contributed by atoms with Gasteiger partial charge in [-0.15, -0.1) is 0 Å². The predicted molar refractivity (Wildman–Crippen MR) is 119 cm³/mol. The van der Waals surface area contributed by atoms with E-state index >= 15 is 0 Å². The second kappa shape index (κ2) is 7.67. The lowest BCUT2D eigenvalue weighted by Crippen LogP contribution is -2.12. The van der Waals surface area contributed by atoms with E-state index in [1.54, 1.807) is 6.21 Å². The minimum atomic E-state index is -4.64. The molecule has 2 heterocycles. The van der Waals surface area contributed by atoms with Gasteiger partial charge in [-0.2, -0.15) is 18.3 Å². The average molecular weight is 472 g/mol. The average Bonchev–Trinajstić information content (AvgIpc) is 3.26. The summed E-state index contributed by atoms with van der Waals surface area (Å²) in [6, 6.07) is 12.2. The van der Waals surface area contributed by atoms with E-state index in [1.165, 1.54) is 28.9 Å². The molecule has 1 aliphatic carbocycles. The fourth-order valence-electron chi connectivity index (χ4n) is 3.95. The molecule has 0 spiro atoms. The second-order valence-corrected chi connectivity index (χ2v) is 9.68. The summed E-state index contributed by atoms with van der Waals surface area (Å²) < 4.78 is 65.3. The number of alkyl halides is 3. The van der Waals surface area contributed by atoms with Gasteiger partial charge in [-0.25, -0.2) is 18.2 Å². The molecule has 1 fully saturated rings. The van der Waals surface area contributed by atoms with Crippen LogP contribution in [0.5, 0.6) is 0 Å². The van der Waals surface area contributed by atoms with Crippen LogP contribution in [-0.2, 0) is 16.2 Å². The molecule has 0 radical (unpaired) electrons. The van der Waals surface area contributed by atoms with Crippen LogP contribution in [0.2, 0.25) is 0 Å². The smallest absolute Gasteiger partial charge is 0.288 e. The summed E-state index contributed by atoms with van der Waals surface area (Å²) in [5.41, 5.74) is 3.06. The van der Waals surface area contributed by atoms with Gasteiger partial charge in [0.2, 0.25) is 10.0 Å². The van der Waals surface area contributed by atoms with Gasteiger partial charge in [0, 0.05) is 11.8 Å². The number of hydrogen-bond donors (Lipinski definition) is 1. The maximum atomic E-state index is 13.6. The van der Waals surface area contributed by atoms with Crippen LogP contribution in [-0.4, -0.2) is 31.0 Å². The number of nitrogens with zero attached hydrogens (tertiary/aromatic N) is 3. The number of halogens is 3. The first-order chi connectivity index (χ1) is 15.6. The molecule has 0 unspecified atom stereocenters. The summed E-state index contributed by atoms with van der Waals surface area (Å²) in [5.74, 6) is 0.283. The van der Waals surface area contributed by atoms with E-state index in [9.17, 15) is 21.6 Å². The second-order valence-electron chi connectivity index (χ2n) is 8.12. The van der Waals surface area contributed by atoms with Crippen molar-refractivity contribution < 1.29 is 21.6 Å².